The molecule has 0 aliphatic rings. The van der Waals surface area contributed by atoms with Crippen LogP contribution in [0.15, 0.2) is 0 Å². The summed E-state index contributed by atoms with van der Waals surface area (Å²) in [5.74, 6) is -0.568. The molecular formula is C9H17NO3S2. The maximum atomic E-state index is 10.4. The highest BCUT2D eigenvalue weighted by Gasteiger charge is 2.13. The minimum atomic E-state index is -0.968. The second-order valence-corrected chi connectivity index (χ2v) is 5.81. The molecule has 0 fully saturated rings. The average Bonchev–Trinajstić information content (AvgIpc) is 2.22. The molecule has 1 unspecified atom stereocenters. The van der Waals surface area contributed by atoms with Gasteiger partial charge in [-0.25, -0.2) is 0 Å². The van der Waals surface area contributed by atoms with Gasteiger partial charge in [0.25, 0.3) is 0 Å². The smallest absolute Gasteiger partial charge is 0.321 e. The van der Waals surface area contributed by atoms with Gasteiger partial charge in [0.2, 0.25) is 0 Å². The van der Waals surface area contributed by atoms with E-state index in [0.29, 0.717) is 17.4 Å². The maximum Gasteiger partial charge on any atom is 0.321 e. The largest absolute Gasteiger partial charge is 0.480 e. The van der Waals surface area contributed by atoms with E-state index in [0.717, 1.165) is 19.1 Å². The van der Waals surface area contributed by atoms with Crippen LogP contribution in [0.3, 0.4) is 0 Å². The van der Waals surface area contributed by atoms with Crippen LogP contribution < -0.4 is 5.73 Å². The molecule has 0 saturated heterocycles. The minimum Gasteiger partial charge on any atom is -0.480 e. The number of rotatable bonds is 9. The van der Waals surface area contributed by atoms with Crippen LogP contribution in [-0.2, 0) is 9.59 Å². The number of aldehydes is 1. The number of hydrogen-bond donors (Lipinski definition) is 2. The number of nitrogens with two attached hydrogens (primary N) is 1. The Kier molecular flexibility index (Phi) is 8.94. The molecular weight excluding hydrogens is 234 g/mol. The van der Waals surface area contributed by atoms with Crippen molar-refractivity contribution in [2.24, 2.45) is 5.73 Å². The summed E-state index contributed by atoms with van der Waals surface area (Å²) < 4.78 is 0. The lowest BCUT2D eigenvalue weighted by Crippen LogP contribution is -2.32. The van der Waals surface area contributed by atoms with Crippen LogP contribution in [0.1, 0.15) is 26.2 Å². The van der Waals surface area contributed by atoms with Gasteiger partial charge in [-0.05, 0) is 12.8 Å². The normalized spacial score (nSPS) is 14.5. The molecule has 0 rings (SSSR count). The van der Waals surface area contributed by atoms with E-state index in [1.165, 1.54) is 10.8 Å². The first-order valence-corrected chi connectivity index (χ1v) is 7.20. The highest BCUT2D eigenvalue weighted by molar-refractivity contribution is 8.76. The summed E-state index contributed by atoms with van der Waals surface area (Å²) >= 11 is 0. The number of aliphatic carboxylic acids is 1. The summed E-state index contributed by atoms with van der Waals surface area (Å²) in [6, 6.07) is -0.800. The Morgan fingerprint density at radius 3 is 2.73 bits per heavy atom. The van der Waals surface area contributed by atoms with Crippen LogP contribution in [-0.4, -0.2) is 34.4 Å². The van der Waals surface area contributed by atoms with Gasteiger partial charge in [0.15, 0.2) is 0 Å². The van der Waals surface area contributed by atoms with Crippen molar-refractivity contribution < 1.29 is 14.7 Å². The lowest BCUT2D eigenvalue weighted by atomic mass is 10.2. The summed E-state index contributed by atoms with van der Waals surface area (Å²) in [7, 11) is 3.09. The Balaban J connectivity index is 3.62. The zero-order chi connectivity index (χ0) is 11.7. The van der Waals surface area contributed by atoms with Crippen LogP contribution in [0.5, 0.6) is 0 Å². The topological polar surface area (TPSA) is 80.4 Å². The molecule has 0 aromatic carbocycles. The van der Waals surface area contributed by atoms with Gasteiger partial charge in [-0.1, -0.05) is 28.5 Å². The second-order valence-electron chi connectivity index (χ2n) is 3.10. The van der Waals surface area contributed by atoms with Crippen LogP contribution >= 0.6 is 21.6 Å². The fourth-order valence-electron chi connectivity index (χ4n) is 0.854. The molecule has 0 spiro atoms. The number of hydrogen-bond acceptors (Lipinski definition) is 5. The van der Waals surface area contributed by atoms with E-state index in [9.17, 15) is 9.59 Å². The first-order chi connectivity index (χ1) is 7.11. The highest BCUT2D eigenvalue weighted by Crippen LogP contribution is 2.31. The number of carboxylic acids is 1. The Morgan fingerprint density at radius 1 is 1.60 bits per heavy atom. The van der Waals surface area contributed by atoms with Gasteiger partial charge in [-0.15, -0.1) is 0 Å². The van der Waals surface area contributed by atoms with Gasteiger partial charge in [-0.3, -0.25) is 4.79 Å². The molecule has 2 atom stereocenters. The van der Waals surface area contributed by atoms with Gasteiger partial charge in [0.1, 0.15) is 12.3 Å². The second kappa shape index (κ2) is 9.06. The average molecular weight is 251 g/mol. The van der Waals surface area contributed by atoms with Crippen molar-refractivity contribution in [3.05, 3.63) is 0 Å². The standard InChI is InChI=1S/C9H17NO3S2/c1-2-7(4-3-5-11)15-14-6-8(10)9(12)13/h5,7-8H,2-4,6,10H2,1H3,(H,12,13)/t7?,8-/m1/s1. The van der Waals surface area contributed by atoms with E-state index in [-0.39, 0.29) is 0 Å². The lowest BCUT2D eigenvalue weighted by Gasteiger charge is -2.12. The molecule has 6 heteroatoms. The fourth-order valence-corrected chi connectivity index (χ4v) is 3.73. The van der Waals surface area contributed by atoms with Crippen LogP contribution in [0.2, 0.25) is 0 Å². The maximum absolute atomic E-state index is 10.4. The molecule has 0 aliphatic carbocycles. The van der Waals surface area contributed by atoms with E-state index in [2.05, 4.69) is 6.92 Å². The van der Waals surface area contributed by atoms with E-state index < -0.39 is 12.0 Å². The molecule has 0 bridgehead atoms. The fraction of sp³-hybridized carbons (Fsp3) is 0.778. The molecule has 0 amide bonds. The van der Waals surface area contributed by atoms with E-state index in [1.807, 2.05) is 0 Å². The first kappa shape index (κ1) is 14.8. The van der Waals surface area contributed by atoms with Crippen molar-refractivity contribution in [2.45, 2.75) is 37.5 Å². The SMILES string of the molecule is CCC(CCC=O)SSC[C@@H](N)C(=O)O. The highest BCUT2D eigenvalue weighted by atomic mass is 33.1. The van der Waals surface area contributed by atoms with Gasteiger partial charge in [0.05, 0.1) is 0 Å². The van der Waals surface area contributed by atoms with E-state index >= 15 is 0 Å². The van der Waals surface area contributed by atoms with Gasteiger partial charge in [0, 0.05) is 17.4 Å². The Hall–Kier alpha value is -0.200. The minimum absolute atomic E-state index is 0.400. The Morgan fingerprint density at radius 2 is 2.27 bits per heavy atom. The van der Waals surface area contributed by atoms with Crippen LogP contribution in [0.4, 0.5) is 0 Å². The number of carbonyl (C=O) groups is 2. The lowest BCUT2D eigenvalue weighted by molar-refractivity contribution is -0.137. The molecule has 4 nitrogen and oxygen atoms in total. The Labute approximate surface area is 97.8 Å². The van der Waals surface area contributed by atoms with Gasteiger partial charge < -0.3 is 15.6 Å². The van der Waals surface area contributed by atoms with Crippen molar-refractivity contribution >= 4 is 33.8 Å². The molecule has 0 radical (unpaired) electrons. The predicted octanol–water partition coefficient (Wildman–Crippen LogP) is 1.54. The quantitative estimate of drug-likeness (QED) is 0.478. The van der Waals surface area contributed by atoms with Crippen LogP contribution in [0.25, 0.3) is 0 Å². The zero-order valence-electron chi connectivity index (χ0n) is 8.72. The van der Waals surface area contributed by atoms with E-state index in [1.54, 1.807) is 10.8 Å². The Bertz CT molecular complexity index is 202. The molecule has 3 N–H and O–H groups in total. The van der Waals surface area contributed by atoms with Crippen molar-refractivity contribution in [1.29, 1.82) is 0 Å². The monoisotopic (exact) mass is 251 g/mol. The first-order valence-electron chi connectivity index (χ1n) is 4.82. The van der Waals surface area contributed by atoms with E-state index in [4.69, 9.17) is 10.8 Å². The summed E-state index contributed by atoms with van der Waals surface area (Å²) in [6.07, 6.45) is 3.31. The van der Waals surface area contributed by atoms with Crippen molar-refractivity contribution in [2.75, 3.05) is 5.75 Å². The molecule has 0 aromatic rings. The predicted molar refractivity (Wildman–Crippen MR) is 65.0 cm³/mol. The van der Waals surface area contributed by atoms with Gasteiger partial charge >= 0.3 is 5.97 Å². The molecule has 88 valence electrons. The van der Waals surface area contributed by atoms with Crippen molar-refractivity contribution in [3.63, 3.8) is 0 Å². The van der Waals surface area contributed by atoms with Crippen molar-refractivity contribution in [1.82, 2.24) is 0 Å². The molecule has 0 aliphatic heterocycles. The molecule has 0 heterocycles. The third-order valence-corrected chi connectivity index (χ3v) is 4.94. The molecule has 0 saturated carbocycles. The summed E-state index contributed by atoms with van der Waals surface area (Å²) in [6.45, 7) is 2.06. The summed E-state index contributed by atoms with van der Waals surface area (Å²) in [5.41, 5.74) is 5.35. The van der Waals surface area contributed by atoms with Crippen molar-refractivity contribution in [3.8, 4) is 0 Å². The zero-order valence-corrected chi connectivity index (χ0v) is 10.4. The third-order valence-electron chi connectivity index (χ3n) is 1.83. The molecule has 0 aromatic heterocycles. The van der Waals surface area contributed by atoms with Crippen LogP contribution in [0, 0.1) is 0 Å². The third kappa shape index (κ3) is 7.70. The summed E-state index contributed by atoms with van der Waals surface area (Å²) in [4.78, 5) is 20.6. The van der Waals surface area contributed by atoms with Gasteiger partial charge in [-0.2, -0.15) is 0 Å². The molecule has 15 heavy (non-hydrogen) atoms. The number of carbonyl (C=O) groups excluding carboxylic acids is 1. The number of carboxylic acid groups (broad SMARTS) is 1. The summed E-state index contributed by atoms with van der Waals surface area (Å²) in [5, 5.41) is 8.96.